The fourth-order valence-electron chi connectivity index (χ4n) is 0.933. The molecule has 0 bridgehead atoms. The molecule has 0 fully saturated rings. The van der Waals surface area contributed by atoms with Gasteiger partial charge in [0.05, 0.1) is 11.7 Å². The van der Waals surface area contributed by atoms with E-state index in [2.05, 4.69) is 14.1 Å². The van der Waals surface area contributed by atoms with E-state index in [1.54, 1.807) is 0 Å². The number of ether oxygens (including phenoxy) is 1. The summed E-state index contributed by atoms with van der Waals surface area (Å²) in [6, 6.07) is 0. The molecule has 7 heteroatoms. The largest absolute Gasteiger partial charge is 0.473 e. The first kappa shape index (κ1) is 12.3. The quantitative estimate of drug-likeness (QED) is 0.512. The van der Waals surface area contributed by atoms with Crippen molar-refractivity contribution in [2.75, 3.05) is 26.3 Å². The van der Waals surface area contributed by atoms with Crippen molar-refractivity contribution in [2.45, 2.75) is 12.5 Å². The Labute approximate surface area is 92.2 Å². The summed E-state index contributed by atoms with van der Waals surface area (Å²) in [7, 11) is 0. The highest BCUT2D eigenvalue weighted by Crippen LogP contribution is 2.04. The van der Waals surface area contributed by atoms with Gasteiger partial charge in [-0.05, 0) is 13.0 Å². The molecular formula is C8H15N3O3S. The standard InChI is InChI=1S/C8H15N3O3S/c12-3-1-2-9-4-7(13)6-14-8-5-10-15-11-8/h5,7,9,12-13H,1-4,6H2. The smallest absolute Gasteiger partial charge is 0.245 e. The van der Waals surface area contributed by atoms with Crippen molar-refractivity contribution in [1.82, 2.24) is 14.1 Å². The molecule has 15 heavy (non-hydrogen) atoms. The summed E-state index contributed by atoms with van der Waals surface area (Å²) in [6.45, 7) is 1.48. The van der Waals surface area contributed by atoms with Gasteiger partial charge in [0.2, 0.25) is 5.88 Å². The maximum atomic E-state index is 9.45. The second kappa shape index (κ2) is 7.52. The number of aromatic nitrogens is 2. The Hall–Kier alpha value is -0.760. The molecule has 86 valence electrons. The molecule has 0 aliphatic rings. The van der Waals surface area contributed by atoms with E-state index in [0.717, 1.165) is 11.7 Å². The number of nitrogens with one attached hydrogen (secondary N) is 1. The number of aliphatic hydroxyl groups is 2. The van der Waals surface area contributed by atoms with Gasteiger partial charge in [0.1, 0.15) is 18.9 Å². The van der Waals surface area contributed by atoms with E-state index >= 15 is 0 Å². The van der Waals surface area contributed by atoms with Crippen molar-refractivity contribution in [3.05, 3.63) is 6.20 Å². The highest BCUT2D eigenvalue weighted by molar-refractivity contribution is 6.99. The average molecular weight is 233 g/mol. The highest BCUT2D eigenvalue weighted by Gasteiger charge is 2.05. The minimum Gasteiger partial charge on any atom is -0.473 e. The van der Waals surface area contributed by atoms with Crippen LogP contribution in [0.5, 0.6) is 5.88 Å². The average Bonchev–Trinajstić information content (AvgIpc) is 2.74. The van der Waals surface area contributed by atoms with Crippen LogP contribution in [0, 0.1) is 0 Å². The van der Waals surface area contributed by atoms with Gasteiger partial charge in [0.15, 0.2) is 0 Å². The Morgan fingerprint density at radius 1 is 1.60 bits per heavy atom. The second-order valence-corrected chi connectivity index (χ2v) is 3.55. The number of rotatable bonds is 8. The summed E-state index contributed by atoms with van der Waals surface area (Å²) < 4.78 is 12.8. The highest BCUT2D eigenvalue weighted by atomic mass is 32.1. The predicted molar refractivity (Wildman–Crippen MR) is 56.0 cm³/mol. The SMILES string of the molecule is OCCCNCC(O)COc1cnsn1. The zero-order valence-corrected chi connectivity index (χ0v) is 9.11. The Bertz CT molecular complexity index is 245. The molecule has 0 amide bonds. The van der Waals surface area contributed by atoms with Crippen molar-refractivity contribution in [2.24, 2.45) is 0 Å². The Morgan fingerprint density at radius 3 is 3.13 bits per heavy atom. The summed E-state index contributed by atoms with van der Waals surface area (Å²) >= 11 is 1.07. The van der Waals surface area contributed by atoms with Gasteiger partial charge < -0.3 is 20.3 Å². The summed E-state index contributed by atoms with van der Waals surface area (Å²) in [4.78, 5) is 0. The Kier molecular flexibility index (Phi) is 6.17. The first-order valence-corrected chi connectivity index (χ1v) is 5.46. The summed E-state index contributed by atoms with van der Waals surface area (Å²) in [5.41, 5.74) is 0. The van der Waals surface area contributed by atoms with Crippen LogP contribution in [-0.4, -0.2) is 51.4 Å². The van der Waals surface area contributed by atoms with E-state index in [9.17, 15) is 5.11 Å². The van der Waals surface area contributed by atoms with Crippen LogP contribution < -0.4 is 10.1 Å². The van der Waals surface area contributed by atoms with Gasteiger partial charge in [-0.15, -0.1) is 4.37 Å². The lowest BCUT2D eigenvalue weighted by atomic mass is 10.3. The lowest BCUT2D eigenvalue weighted by Gasteiger charge is -2.11. The lowest BCUT2D eigenvalue weighted by molar-refractivity contribution is 0.104. The normalized spacial score (nSPS) is 12.7. The molecule has 1 aromatic rings. The summed E-state index contributed by atoms with van der Waals surface area (Å²) in [5, 5.41) is 21.0. The van der Waals surface area contributed by atoms with Crippen LogP contribution in [0.2, 0.25) is 0 Å². The molecule has 6 nitrogen and oxygen atoms in total. The fraction of sp³-hybridized carbons (Fsp3) is 0.750. The molecule has 1 rings (SSSR count). The Balaban J connectivity index is 2.01. The number of hydrogen-bond acceptors (Lipinski definition) is 7. The first-order chi connectivity index (χ1) is 7.33. The van der Waals surface area contributed by atoms with Crippen LogP contribution in [0.3, 0.4) is 0 Å². The van der Waals surface area contributed by atoms with Gasteiger partial charge in [0.25, 0.3) is 0 Å². The van der Waals surface area contributed by atoms with Gasteiger partial charge >= 0.3 is 0 Å². The molecular weight excluding hydrogens is 218 g/mol. The van der Waals surface area contributed by atoms with Crippen LogP contribution >= 0.6 is 11.7 Å². The van der Waals surface area contributed by atoms with Gasteiger partial charge in [-0.2, -0.15) is 4.37 Å². The maximum absolute atomic E-state index is 9.45. The predicted octanol–water partition coefficient (Wildman–Crippen LogP) is -0.750. The van der Waals surface area contributed by atoms with Crippen molar-refractivity contribution in [1.29, 1.82) is 0 Å². The van der Waals surface area contributed by atoms with Crippen LogP contribution in [0.1, 0.15) is 6.42 Å². The van der Waals surface area contributed by atoms with Crippen LogP contribution in [0.4, 0.5) is 0 Å². The summed E-state index contributed by atoms with van der Waals surface area (Å²) in [5.74, 6) is 0.439. The monoisotopic (exact) mass is 233 g/mol. The molecule has 1 heterocycles. The lowest BCUT2D eigenvalue weighted by Crippen LogP contribution is -2.32. The molecule has 3 N–H and O–H groups in total. The molecule has 0 saturated carbocycles. The molecule has 1 unspecified atom stereocenters. The van der Waals surface area contributed by atoms with E-state index in [1.807, 2.05) is 0 Å². The van der Waals surface area contributed by atoms with E-state index in [-0.39, 0.29) is 13.2 Å². The first-order valence-electron chi connectivity index (χ1n) is 4.73. The van der Waals surface area contributed by atoms with Crippen LogP contribution in [-0.2, 0) is 0 Å². The van der Waals surface area contributed by atoms with Gasteiger partial charge in [0, 0.05) is 13.2 Å². The molecule has 1 atom stereocenters. The number of aliphatic hydroxyl groups excluding tert-OH is 2. The van der Waals surface area contributed by atoms with E-state index in [4.69, 9.17) is 9.84 Å². The second-order valence-electron chi connectivity index (χ2n) is 2.99. The van der Waals surface area contributed by atoms with Crippen molar-refractivity contribution < 1.29 is 14.9 Å². The fourth-order valence-corrected chi connectivity index (χ4v) is 1.30. The molecule has 0 saturated heterocycles. The van der Waals surface area contributed by atoms with E-state index in [0.29, 0.717) is 25.4 Å². The topological polar surface area (TPSA) is 87.5 Å². The minimum absolute atomic E-state index is 0.157. The number of nitrogens with zero attached hydrogens (tertiary/aromatic N) is 2. The van der Waals surface area contributed by atoms with Crippen molar-refractivity contribution in [3.8, 4) is 5.88 Å². The van der Waals surface area contributed by atoms with E-state index < -0.39 is 6.10 Å². The molecule has 0 aliphatic carbocycles. The zero-order chi connectivity index (χ0) is 10.9. The van der Waals surface area contributed by atoms with E-state index in [1.165, 1.54) is 6.20 Å². The zero-order valence-electron chi connectivity index (χ0n) is 8.30. The van der Waals surface area contributed by atoms with Crippen LogP contribution in [0.15, 0.2) is 6.20 Å². The van der Waals surface area contributed by atoms with Crippen molar-refractivity contribution in [3.63, 3.8) is 0 Å². The van der Waals surface area contributed by atoms with Gasteiger partial charge in [-0.1, -0.05) is 0 Å². The molecule has 0 aliphatic heterocycles. The van der Waals surface area contributed by atoms with Crippen LogP contribution in [0.25, 0.3) is 0 Å². The summed E-state index contributed by atoms with van der Waals surface area (Å²) in [6.07, 6.45) is 1.62. The van der Waals surface area contributed by atoms with Gasteiger partial charge in [-0.3, -0.25) is 0 Å². The number of hydrogen-bond donors (Lipinski definition) is 3. The molecule has 0 radical (unpaired) electrons. The van der Waals surface area contributed by atoms with Crippen molar-refractivity contribution >= 4 is 11.7 Å². The Morgan fingerprint density at radius 2 is 2.47 bits per heavy atom. The molecule has 0 spiro atoms. The molecule has 1 aromatic heterocycles. The maximum Gasteiger partial charge on any atom is 0.245 e. The third-order valence-corrected chi connectivity index (χ3v) is 2.12. The van der Waals surface area contributed by atoms with Gasteiger partial charge in [-0.25, -0.2) is 0 Å². The minimum atomic E-state index is -0.578. The third-order valence-electron chi connectivity index (χ3n) is 1.66. The third kappa shape index (κ3) is 5.63. The molecule has 0 aromatic carbocycles.